The minimum atomic E-state index is -4.46. The van der Waals surface area contributed by atoms with Crippen molar-refractivity contribution in [3.05, 3.63) is 85.1 Å². The number of likely N-dealkylation sites (N-methyl/N-ethyl adjacent to an activating group) is 1. The molecule has 0 aromatic rings. The average Bonchev–Trinajstić information content (AvgIpc) is 3.47. The molecule has 346 valence electrons. The summed E-state index contributed by atoms with van der Waals surface area (Å²) in [5.74, 6) is -1.82. The first-order valence-corrected chi connectivity index (χ1v) is 23.9. The molecule has 12 nitrogen and oxygen atoms in total. The van der Waals surface area contributed by atoms with Crippen molar-refractivity contribution >= 4 is 25.5 Å². The van der Waals surface area contributed by atoms with E-state index in [4.69, 9.17) is 18.5 Å². The Bertz CT molecular complexity index is 1480. The third kappa shape index (κ3) is 31.3. The van der Waals surface area contributed by atoms with E-state index in [1.54, 1.807) is 12.2 Å². The lowest BCUT2D eigenvalue weighted by molar-refractivity contribution is -0.870. The molecular weight excluding hydrogens is 797 g/mol. The predicted octanol–water partition coefficient (Wildman–Crippen LogP) is 9.38. The highest BCUT2D eigenvalue weighted by molar-refractivity contribution is 7.47. The number of phosphoric ester groups is 1. The molecule has 0 aromatic carbocycles. The summed E-state index contributed by atoms with van der Waals surface area (Å²) in [6.07, 6.45) is 37.3. The number of hydrogen-bond donors (Lipinski definition) is 3. The van der Waals surface area contributed by atoms with Gasteiger partial charge in [-0.15, -0.1) is 0 Å². The number of carbonyl (C=O) groups is 3. The molecule has 1 aliphatic rings. The molecule has 0 saturated heterocycles. The molecule has 61 heavy (non-hydrogen) atoms. The molecule has 0 bridgehead atoms. The maximum atomic E-state index is 12.7. The summed E-state index contributed by atoms with van der Waals surface area (Å²) < 4.78 is 34.1. The van der Waals surface area contributed by atoms with Crippen molar-refractivity contribution in [1.29, 1.82) is 0 Å². The number of phosphoric acid groups is 1. The molecule has 1 fully saturated rings. The van der Waals surface area contributed by atoms with Crippen LogP contribution in [0.1, 0.15) is 123 Å². The third-order valence-corrected chi connectivity index (χ3v) is 10.8. The second-order valence-electron chi connectivity index (χ2n) is 16.5. The van der Waals surface area contributed by atoms with Gasteiger partial charge in [-0.1, -0.05) is 118 Å². The number of Topliss-reactive ketones (excluding diaryl/α,β-unsaturated/α-hetero) is 1. The van der Waals surface area contributed by atoms with Crippen LogP contribution in [0.2, 0.25) is 0 Å². The van der Waals surface area contributed by atoms with Gasteiger partial charge >= 0.3 is 19.8 Å². The van der Waals surface area contributed by atoms with Gasteiger partial charge in [-0.25, -0.2) is 4.57 Å². The monoisotopic (exact) mass is 877 g/mol. The summed E-state index contributed by atoms with van der Waals surface area (Å²) in [7, 11) is 1.28. The summed E-state index contributed by atoms with van der Waals surface area (Å²) in [4.78, 5) is 48.1. The van der Waals surface area contributed by atoms with Gasteiger partial charge in [0.25, 0.3) is 0 Å². The Labute approximate surface area is 367 Å². The van der Waals surface area contributed by atoms with Crippen molar-refractivity contribution in [3.8, 4) is 0 Å². The Kier molecular flexibility index (Phi) is 31.4. The molecule has 1 rings (SSSR count). The van der Waals surface area contributed by atoms with E-state index in [2.05, 4.69) is 62.5 Å². The van der Waals surface area contributed by atoms with E-state index >= 15 is 0 Å². The van der Waals surface area contributed by atoms with E-state index in [0.29, 0.717) is 49.6 Å². The molecule has 1 unspecified atom stereocenters. The van der Waals surface area contributed by atoms with Crippen LogP contribution in [-0.4, -0.2) is 103 Å². The maximum Gasteiger partial charge on any atom is 0.472 e. The SMILES string of the molecule is CC/C=C\C/C=C\C/C=C\C/C=C\C/C=C\CCCC(=O)O[C@H](COC(=O)CCC/C=C\C[C@H]1[C@@H](O)CC(=O)[C@@H]1/C=C/[C@@H](O)CCCCC)COP(=O)(O)OCC[N+](C)(C)C. The number of allylic oxidation sites excluding steroid dienone is 13. The third-order valence-electron chi connectivity index (χ3n) is 9.79. The number of hydrogen-bond acceptors (Lipinski definition) is 10. The van der Waals surface area contributed by atoms with Gasteiger partial charge in [0.05, 0.1) is 40.0 Å². The lowest BCUT2D eigenvalue weighted by Gasteiger charge is -2.24. The number of rotatable bonds is 35. The summed E-state index contributed by atoms with van der Waals surface area (Å²) >= 11 is 0. The number of esters is 2. The number of carbonyl (C=O) groups excluding carboxylic acids is 3. The normalized spacial score (nSPS) is 19.8. The Balaban J connectivity index is 2.55. The van der Waals surface area contributed by atoms with Gasteiger partial charge in [0.15, 0.2) is 6.10 Å². The van der Waals surface area contributed by atoms with Crippen LogP contribution in [0, 0.1) is 11.8 Å². The van der Waals surface area contributed by atoms with Gasteiger partial charge in [-0.3, -0.25) is 23.4 Å². The zero-order chi connectivity index (χ0) is 45.2. The number of aliphatic hydroxyl groups excluding tert-OH is 2. The van der Waals surface area contributed by atoms with Crippen LogP contribution in [0.5, 0.6) is 0 Å². The number of ketones is 1. The highest BCUT2D eigenvalue weighted by Crippen LogP contribution is 2.43. The number of quaternary nitrogens is 1. The zero-order valence-corrected chi connectivity index (χ0v) is 38.7. The van der Waals surface area contributed by atoms with Gasteiger partial charge < -0.3 is 29.1 Å². The van der Waals surface area contributed by atoms with E-state index < -0.39 is 50.6 Å². The van der Waals surface area contributed by atoms with E-state index in [1.807, 2.05) is 45.4 Å². The fourth-order valence-electron chi connectivity index (χ4n) is 6.21. The molecule has 1 aliphatic carbocycles. The Morgan fingerprint density at radius 3 is 1.95 bits per heavy atom. The number of ether oxygens (including phenoxy) is 2. The Morgan fingerprint density at radius 1 is 0.787 bits per heavy atom. The smallest absolute Gasteiger partial charge is 0.462 e. The van der Waals surface area contributed by atoms with Crippen molar-refractivity contribution < 1.29 is 57.1 Å². The van der Waals surface area contributed by atoms with E-state index in [0.717, 1.165) is 51.4 Å². The molecule has 0 spiro atoms. The Morgan fingerprint density at radius 2 is 1.36 bits per heavy atom. The van der Waals surface area contributed by atoms with Crippen molar-refractivity contribution in [3.63, 3.8) is 0 Å². The molecule has 0 heterocycles. The van der Waals surface area contributed by atoms with Gasteiger partial charge in [0.1, 0.15) is 25.5 Å². The lowest BCUT2D eigenvalue weighted by Crippen LogP contribution is -2.37. The lowest BCUT2D eigenvalue weighted by atomic mass is 9.90. The minimum absolute atomic E-state index is 0.0265. The van der Waals surface area contributed by atoms with Crippen LogP contribution in [0.3, 0.4) is 0 Å². The van der Waals surface area contributed by atoms with Crippen molar-refractivity contribution in [1.82, 2.24) is 0 Å². The van der Waals surface area contributed by atoms with E-state index in [1.165, 1.54) is 0 Å². The van der Waals surface area contributed by atoms with E-state index in [9.17, 15) is 34.1 Å². The second kappa shape index (κ2) is 34.3. The summed E-state index contributed by atoms with van der Waals surface area (Å²) in [5, 5.41) is 20.7. The van der Waals surface area contributed by atoms with Crippen molar-refractivity contribution in [2.24, 2.45) is 11.8 Å². The number of aliphatic hydroxyl groups is 2. The van der Waals surface area contributed by atoms with E-state index in [-0.39, 0.29) is 44.2 Å². The molecule has 0 radical (unpaired) electrons. The first-order chi connectivity index (χ1) is 29.2. The maximum absolute atomic E-state index is 12.7. The highest BCUT2D eigenvalue weighted by atomic mass is 31.2. The molecule has 0 aromatic heterocycles. The molecular formula is C48H79NO11P+. The fourth-order valence-corrected chi connectivity index (χ4v) is 6.95. The van der Waals surface area contributed by atoms with Crippen molar-refractivity contribution in [2.75, 3.05) is 47.5 Å². The molecule has 13 heteroatoms. The van der Waals surface area contributed by atoms with Gasteiger partial charge in [0, 0.05) is 31.1 Å². The van der Waals surface area contributed by atoms with Crippen LogP contribution >= 0.6 is 7.82 Å². The molecule has 1 saturated carbocycles. The van der Waals surface area contributed by atoms with Crippen LogP contribution in [0.25, 0.3) is 0 Å². The molecule has 0 amide bonds. The second-order valence-corrected chi connectivity index (χ2v) is 17.9. The minimum Gasteiger partial charge on any atom is -0.462 e. The fraction of sp³-hybridized carbons (Fsp3) is 0.646. The molecule has 6 atom stereocenters. The van der Waals surface area contributed by atoms with Crippen molar-refractivity contribution in [2.45, 2.75) is 141 Å². The highest BCUT2D eigenvalue weighted by Gasteiger charge is 2.39. The van der Waals surface area contributed by atoms with Crippen LogP contribution in [0.4, 0.5) is 0 Å². The summed E-state index contributed by atoms with van der Waals surface area (Å²) in [6.45, 7) is 3.80. The largest absolute Gasteiger partial charge is 0.472 e. The van der Waals surface area contributed by atoms with Crippen LogP contribution in [-0.2, 0) is 37.5 Å². The standard InChI is InChI=1S/C48H78NO11P/c1-6-8-10-11-12-13-14-15-16-17-18-19-20-21-22-23-29-33-48(54)60-42(40-59-61(55,56)58-37-36-49(3,4)5)39-57-47(53)32-28-25-24-27-31-43-44(46(52)38-45(43)51)35-34-41(50)30-26-9-7-2/h8,10,12-13,15-16,18-19,21-22,24,27,34-35,41-45,50-51H,6-7,9,11,14,17,20,23,25-26,28-33,36-40H2,1-5H3/p+1/b10-8-,13-12-,16-15-,19-18-,22-21-,27-24-,35-34+/t41-,42+,43+,44+,45-/m0/s1. The quantitative estimate of drug-likeness (QED) is 0.0183. The summed E-state index contributed by atoms with van der Waals surface area (Å²) in [5.41, 5.74) is 0. The first-order valence-electron chi connectivity index (χ1n) is 22.4. The zero-order valence-electron chi connectivity index (χ0n) is 37.8. The first kappa shape index (κ1) is 55.8. The topological polar surface area (TPSA) is 166 Å². The van der Waals surface area contributed by atoms with Gasteiger partial charge in [-0.05, 0) is 70.6 Å². The Hall–Kier alpha value is -3.22. The number of unbranched alkanes of at least 4 members (excludes halogenated alkanes) is 4. The van der Waals surface area contributed by atoms with Gasteiger partial charge in [-0.2, -0.15) is 0 Å². The van der Waals surface area contributed by atoms with Crippen LogP contribution in [0.15, 0.2) is 85.1 Å². The molecule has 3 N–H and O–H groups in total. The summed E-state index contributed by atoms with van der Waals surface area (Å²) in [6, 6.07) is 0. The molecule has 0 aliphatic heterocycles. The van der Waals surface area contributed by atoms with Gasteiger partial charge in [0.2, 0.25) is 0 Å². The average molecular weight is 877 g/mol. The predicted molar refractivity (Wildman–Crippen MR) is 243 cm³/mol. The number of nitrogens with zero attached hydrogens (tertiary/aromatic N) is 1. The van der Waals surface area contributed by atoms with Crippen LogP contribution < -0.4 is 0 Å².